The van der Waals surface area contributed by atoms with Gasteiger partial charge in [0.2, 0.25) is 5.91 Å². The summed E-state index contributed by atoms with van der Waals surface area (Å²) in [4.78, 5) is 23.4. The number of carbonyl (C=O) groups excluding carboxylic acids is 2. The lowest BCUT2D eigenvalue weighted by molar-refractivity contribution is -0.127. The van der Waals surface area contributed by atoms with E-state index in [1.807, 2.05) is 0 Å². The van der Waals surface area contributed by atoms with Crippen molar-refractivity contribution in [3.63, 3.8) is 0 Å². The van der Waals surface area contributed by atoms with E-state index in [2.05, 4.69) is 0 Å². The summed E-state index contributed by atoms with van der Waals surface area (Å²) in [5.74, 6) is -0.0166. The first kappa shape index (κ1) is 9.26. The molecule has 1 fully saturated rings. The predicted octanol–water partition coefficient (Wildman–Crippen LogP) is 1.28. The number of allylic oxidation sites excluding steroid dienone is 2. The molecule has 0 aromatic carbocycles. The highest BCUT2D eigenvalue weighted by molar-refractivity contribution is 6.67. The van der Waals surface area contributed by atoms with E-state index in [0.29, 0.717) is 18.7 Å². The van der Waals surface area contributed by atoms with E-state index in [4.69, 9.17) is 11.6 Å². The second-order valence-electron chi connectivity index (χ2n) is 2.60. The minimum Gasteiger partial charge on any atom is -0.308 e. The summed E-state index contributed by atoms with van der Waals surface area (Å²) in [7, 11) is 0. The van der Waals surface area contributed by atoms with Crippen molar-refractivity contribution < 1.29 is 9.59 Å². The van der Waals surface area contributed by atoms with Gasteiger partial charge in [-0.15, -0.1) is 0 Å². The molecule has 0 atom stereocenters. The van der Waals surface area contributed by atoms with Gasteiger partial charge in [-0.25, -0.2) is 0 Å². The highest BCUT2D eigenvalue weighted by Gasteiger charge is 2.25. The highest BCUT2D eigenvalue weighted by atomic mass is 35.5. The highest BCUT2D eigenvalue weighted by Crippen LogP contribution is 2.17. The number of hydrogen-bond acceptors (Lipinski definition) is 2. The van der Waals surface area contributed by atoms with Gasteiger partial charge in [-0.2, -0.15) is 0 Å². The van der Waals surface area contributed by atoms with E-state index < -0.39 is 5.24 Å². The number of nitrogens with zero attached hydrogens (tertiary/aromatic N) is 1. The van der Waals surface area contributed by atoms with Gasteiger partial charge < -0.3 is 4.90 Å². The molecule has 1 amide bonds. The molecule has 1 saturated heterocycles. The molecule has 0 unspecified atom stereocenters. The molecular formula is C8H10ClNO2. The summed E-state index contributed by atoms with van der Waals surface area (Å²) < 4.78 is 0. The van der Waals surface area contributed by atoms with Crippen LogP contribution in [0.15, 0.2) is 11.8 Å². The SMILES string of the molecule is C/C=C(/C(=O)Cl)N1CCCC1=O. The summed E-state index contributed by atoms with van der Waals surface area (Å²) in [5, 5.41) is -0.562. The molecular weight excluding hydrogens is 178 g/mol. The van der Waals surface area contributed by atoms with Crippen molar-refractivity contribution in [1.29, 1.82) is 0 Å². The summed E-state index contributed by atoms with van der Waals surface area (Å²) in [5.41, 5.74) is 0.305. The largest absolute Gasteiger partial charge is 0.308 e. The Morgan fingerprint density at radius 1 is 1.67 bits per heavy atom. The zero-order valence-corrected chi connectivity index (χ0v) is 7.60. The van der Waals surface area contributed by atoms with Gasteiger partial charge in [-0.1, -0.05) is 6.08 Å². The third kappa shape index (κ3) is 1.67. The molecule has 4 heteroatoms. The van der Waals surface area contributed by atoms with E-state index in [9.17, 15) is 9.59 Å². The van der Waals surface area contributed by atoms with Gasteiger partial charge in [0.1, 0.15) is 0 Å². The Kier molecular flexibility index (Phi) is 2.87. The lowest BCUT2D eigenvalue weighted by atomic mass is 10.4. The Morgan fingerprint density at radius 3 is 2.67 bits per heavy atom. The van der Waals surface area contributed by atoms with Crippen LogP contribution in [0.3, 0.4) is 0 Å². The summed E-state index contributed by atoms with van der Waals surface area (Å²) >= 11 is 5.29. The Morgan fingerprint density at radius 2 is 2.33 bits per heavy atom. The smallest absolute Gasteiger partial charge is 0.268 e. The minimum absolute atomic E-state index is 0.0166. The van der Waals surface area contributed by atoms with Gasteiger partial charge in [0.15, 0.2) is 0 Å². The monoisotopic (exact) mass is 187 g/mol. The van der Waals surface area contributed by atoms with E-state index in [1.165, 1.54) is 4.90 Å². The number of halogens is 1. The number of rotatable bonds is 2. The summed E-state index contributed by atoms with van der Waals surface area (Å²) in [6.45, 7) is 2.30. The molecule has 0 saturated carbocycles. The van der Waals surface area contributed by atoms with Crippen molar-refractivity contribution in [2.45, 2.75) is 19.8 Å². The van der Waals surface area contributed by atoms with Crippen molar-refractivity contribution in [2.75, 3.05) is 6.54 Å². The average molecular weight is 188 g/mol. The van der Waals surface area contributed by atoms with Crippen LogP contribution in [0.2, 0.25) is 0 Å². The quantitative estimate of drug-likeness (QED) is 0.483. The molecule has 1 aliphatic rings. The number of hydrogen-bond donors (Lipinski definition) is 0. The topological polar surface area (TPSA) is 37.4 Å². The standard InChI is InChI=1S/C8H10ClNO2/c1-2-6(8(9)12)10-5-3-4-7(10)11/h2H,3-5H2,1H3/b6-2-. The first-order valence-corrected chi connectivity index (χ1v) is 4.21. The van der Waals surface area contributed by atoms with Gasteiger partial charge >= 0.3 is 0 Å². The fourth-order valence-electron chi connectivity index (χ4n) is 1.28. The molecule has 0 spiro atoms. The molecule has 1 aliphatic heterocycles. The van der Waals surface area contributed by atoms with Gasteiger partial charge in [0.25, 0.3) is 5.24 Å². The van der Waals surface area contributed by atoms with Gasteiger partial charge in [-0.3, -0.25) is 9.59 Å². The third-order valence-corrected chi connectivity index (χ3v) is 2.03. The maximum Gasteiger partial charge on any atom is 0.268 e. The number of amides is 1. The van der Waals surface area contributed by atoms with Crippen molar-refractivity contribution in [3.8, 4) is 0 Å². The second-order valence-corrected chi connectivity index (χ2v) is 2.94. The van der Waals surface area contributed by atoms with Crippen LogP contribution in [0.1, 0.15) is 19.8 Å². The Labute approximate surface area is 76.0 Å². The fourth-order valence-corrected chi connectivity index (χ4v) is 1.49. The van der Waals surface area contributed by atoms with Crippen LogP contribution in [0.25, 0.3) is 0 Å². The molecule has 0 bridgehead atoms. The number of carbonyl (C=O) groups is 2. The average Bonchev–Trinajstić information content (AvgIpc) is 2.38. The number of likely N-dealkylation sites (tertiary alicyclic amines) is 1. The fraction of sp³-hybridized carbons (Fsp3) is 0.500. The molecule has 66 valence electrons. The normalized spacial score (nSPS) is 18.7. The summed E-state index contributed by atoms with van der Waals surface area (Å²) in [6.07, 6.45) is 2.89. The maximum absolute atomic E-state index is 11.2. The summed E-state index contributed by atoms with van der Waals surface area (Å²) in [6, 6.07) is 0. The zero-order valence-electron chi connectivity index (χ0n) is 6.84. The predicted molar refractivity (Wildman–Crippen MR) is 45.6 cm³/mol. The molecule has 1 rings (SSSR count). The third-order valence-electron chi connectivity index (χ3n) is 1.84. The van der Waals surface area contributed by atoms with Crippen molar-refractivity contribution in [2.24, 2.45) is 0 Å². The molecule has 12 heavy (non-hydrogen) atoms. The van der Waals surface area contributed by atoms with E-state index >= 15 is 0 Å². The minimum atomic E-state index is -0.562. The van der Waals surface area contributed by atoms with Crippen LogP contribution in [0.5, 0.6) is 0 Å². The van der Waals surface area contributed by atoms with Crippen LogP contribution in [-0.4, -0.2) is 22.6 Å². The maximum atomic E-state index is 11.2. The van der Waals surface area contributed by atoms with Crippen molar-refractivity contribution in [3.05, 3.63) is 11.8 Å². The molecule has 0 aromatic rings. The van der Waals surface area contributed by atoms with Gasteiger partial charge in [0.05, 0.1) is 5.70 Å². The van der Waals surface area contributed by atoms with E-state index in [-0.39, 0.29) is 5.91 Å². The van der Waals surface area contributed by atoms with E-state index in [0.717, 1.165) is 6.42 Å². The van der Waals surface area contributed by atoms with Crippen LogP contribution < -0.4 is 0 Å². The van der Waals surface area contributed by atoms with Crippen LogP contribution in [0, 0.1) is 0 Å². The van der Waals surface area contributed by atoms with Gasteiger partial charge in [-0.05, 0) is 24.9 Å². The van der Waals surface area contributed by atoms with Crippen LogP contribution in [-0.2, 0) is 9.59 Å². The first-order chi connectivity index (χ1) is 5.66. The lowest BCUT2D eigenvalue weighted by Crippen LogP contribution is -2.26. The van der Waals surface area contributed by atoms with Gasteiger partial charge in [0, 0.05) is 13.0 Å². The Hall–Kier alpha value is -0.830. The van der Waals surface area contributed by atoms with Crippen LogP contribution in [0.4, 0.5) is 0 Å². The molecule has 0 radical (unpaired) electrons. The second kappa shape index (κ2) is 3.72. The van der Waals surface area contributed by atoms with Crippen molar-refractivity contribution in [1.82, 2.24) is 4.90 Å². The lowest BCUT2D eigenvalue weighted by Gasteiger charge is -2.15. The molecule has 0 aromatic heterocycles. The molecule has 3 nitrogen and oxygen atoms in total. The Balaban J connectivity index is 2.80. The van der Waals surface area contributed by atoms with Crippen LogP contribution >= 0.6 is 11.6 Å². The molecule has 1 heterocycles. The zero-order chi connectivity index (χ0) is 9.14. The molecule has 0 aliphatic carbocycles. The molecule has 0 N–H and O–H groups in total. The van der Waals surface area contributed by atoms with Crippen molar-refractivity contribution >= 4 is 22.8 Å². The first-order valence-electron chi connectivity index (χ1n) is 3.83. The van der Waals surface area contributed by atoms with E-state index in [1.54, 1.807) is 13.0 Å². The Bertz CT molecular complexity index is 247.